The molecule has 0 amide bonds. The molecule has 0 N–H and O–H groups in total. The van der Waals surface area contributed by atoms with Gasteiger partial charge in [0.2, 0.25) is 0 Å². The first-order chi connectivity index (χ1) is 1.73. The van der Waals surface area contributed by atoms with Crippen LogP contribution in [-0.4, -0.2) is 0 Å². The molecule has 30 valence electrons. The van der Waals surface area contributed by atoms with Gasteiger partial charge >= 0.3 is 38.7 Å². The molecule has 0 aliphatic heterocycles. The van der Waals surface area contributed by atoms with Gasteiger partial charge in [-0.25, -0.2) is 0 Å². The van der Waals surface area contributed by atoms with Crippen molar-refractivity contribution in [3.63, 3.8) is 0 Å². The van der Waals surface area contributed by atoms with Crippen LogP contribution in [0, 0.1) is 26.5 Å². The van der Waals surface area contributed by atoms with E-state index >= 15 is 0 Å². The number of hydrogen-bond acceptors (Lipinski definition) is 0. The van der Waals surface area contributed by atoms with Crippen LogP contribution in [0.5, 0.6) is 0 Å². The minimum atomic E-state index is -0.861. The Morgan fingerprint density at radius 1 is 1.00 bits per heavy atom. The standard InChI is InChI=1S/Lu.3P. The van der Waals surface area contributed by atoms with E-state index in [2.05, 4.69) is 12.2 Å². The minimum absolute atomic E-state index is 0.861. The van der Waals surface area contributed by atoms with Gasteiger partial charge in [0.1, 0.15) is 0 Å². The summed E-state index contributed by atoms with van der Waals surface area (Å²) < 4.78 is 11.4. The predicted octanol–water partition coefficient (Wildman–Crippen LogP) is 2.58. The zero-order valence-corrected chi connectivity index (χ0v) is 5.94. The summed E-state index contributed by atoms with van der Waals surface area (Å²) in [5.74, 6) is 0. The molecular formula is LuP3. The second-order valence-electron chi connectivity index (χ2n) is 0.155. The molecule has 4 heteroatoms. The van der Waals surface area contributed by atoms with Gasteiger partial charge in [-0.1, -0.05) is 0 Å². The van der Waals surface area contributed by atoms with Crippen LogP contribution in [0.15, 0.2) is 0 Å². The third-order valence-corrected chi connectivity index (χ3v) is 0. The Morgan fingerprint density at radius 2 is 1.00 bits per heavy atom. The van der Waals surface area contributed by atoms with E-state index in [1.54, 1.807) is 0 Å². The molecule has 0 spiro atoms. The molecule has 0 rings (SSSR count). The monoisotopic (exact) mass is 268 g/mol. The van der Waals surface area contributed by atoms with Crippen molar-refractivity contribution in [3.05, 3.63) is 0 Å². The molecule has 0 saturated heterocycles. The quantitative estimate of drug-likeness (QED) is 0.592. The van der Waals surface area contributed by atoms with Crippen molar-refractivity contribution in [2.24, 2.45) is 0 Å². The second kappa shape index (κ2) is 3.70. The zero-order valence-electron chi connectivity index (χ0n) is 1.60. The fourth-order valence-corrected chi connectivity index (χ4v) is 0. The van der Waals surface area contributed by atoms with Gasteiger partial charge in [-0.15, -0.1) is 0 Å². The van der Waals surface area contributed by atoms with Crippen LogP contribution in [0.1, 0.15) is 0 Å². The average molecular weight is 268 g/mol. The molecule has 0 aliphatic carbocycles. The van der Waals surface area contributed by atoms with E-state index in [1.165, 1.54) is 0 Å². The first-order valence-electron chi connectivity index (χ1n) is 0.346. The molecule has 0 fully saturated rings. The summed E-state index contributed by atoms with van der Waals surface area (Å²) in [6, 6.07) is 0. The van der Waals surface area contributed by atoms with Crippen LogP contribution in [0.3, 0.4) is 0 Å². The fourth-order valence-electron chi connectivity index (χ4n) is 0. The summed E-state index contributed by atoms with van der Waals surface area (Å²) in [4.78, 5) is 0. The van der Waals surface area contributed by atoms with E-state index < -0.39 is 26.5 Å². The van der Waals surface area contributed by atoms with Crippen LogP contribution in [0.25, 0.3) is 0 Å². The summed E-state index contributed by atoms with van der Waals surface area (Å²) in [6.07, 6.45) is 0. The third-order valence-electron chi connectivity index (χ3n) is 0. The van der Waals surface area contributed by atoms with Crippen molar-refractivity contribution in [3.8, 4) is 0 Å². The van der Waals surface area contributed by atoms with Gasteiger partial charge in [0.05, 0.1) is 0 Å². The molecule has 0 saturated carbocycles. The van der Waals surface area contributed by atoms with Gasteiger partial charge in [0.15, 0.2) is 0 Å². The SMILES string of the molecule is [P]#[Lu](#[P])#[P]. The topological polar surface area (TPSA) is 0 Å². The van der Waals surface area contributed by atoms with Crippen LogP contribution in [0.4, 0.5) is 0 Å². The van der Waals surface area contributed by atoms with E-state index in [9.17, 15) is 0 Å². The van der Waals surface area contributed by atoms with Crippen LogP contribution in [0.2, 0.25) is 0 Å². The Labute approximate surface area is 38.0 Å². The van der Waals surface area contributed by atoms with Crippen LogP contribution < -0.4 is 0 Å². The molecule has 0 nitrogen and oxygen atoms in total. The van der Waals surface area contributed by atoms with Crippen LogP contribution in [-0.2, 0) is 0 Å². The second-order valence-corrected chi connectivity index (χ2v) is 10.3. The van der Waals surface area contributed by atoms with Gasteiger partial charge in [-0.2, -0.15) is 0 Å². The zero-order chi connectivity index (χ0) is 3.58. The van der Waals surface area contributed by atoms with Crippen molar-refractivity contribution in [2.45, 2.75) is 0 Å². The van der Waals surface area contributed by atoms with Crippen molar-refractivity contribution >= 4 is 12.2 Å². The van der Waals surface area contributed by atoms with Crippen molar-refractivity contribution < 1.29 is 26.5 Å². The summed E-state index contributed by atoms with van der Waals surface area (Å²) in [6.45, 7) is 0. The number of hydrogen-bond donors (Lipinski definition) is 0. The van der Waals surface area contributed by atoms with Gasteiger partial charge in [-0.05, 0) is 0 Å². The Kier molecular flexibility index (Phi) is 6.04. The molecule has 0 aromatic rings. The molecule has 0 aromatic heterocycles. The Balaban J connectivity index is 6.97. The summed E-state index contributed by atoms with van der Waals surface area (Å²) in [7, 11) is 0. The summed E-state index contributed by atoms with van der Waals surface area (Å²) >= 11 is -0.861. The third kappa shape index (κ3) is 8.82. The van der Waals surface area contributed by atoms with Gasteiger partial charge < -0.3 is 0 Å². The summed E-state index contributed by atoms with van der Waals surface area (Å²) in [5.41, 5.74) is 0. The van der Waals surface area contributed by atoms with E-state index in [4.69, 9.17) is 0 Å². The molecule has 0 radical (unpaired) electrons. The molecule has 0 unspecified atom stereocenters. The Morgan fingerprint density at radius 3 is 1.00 bits per heavy atom. The van der Waals surface area contributed by atoms with Crippen molar-refractivity contribution in [1.82, 2.24) is 0 Å². The molecule has 0 aliphatic rings. The van der Waals surface area contributed by atoms with E-state index in [-0.39, 0.29) is 0 Å². The van der Waals surface area contributed by atoms with Crippen molar-refractivity contribution in [2.75, 3.05) is 0 Å². The molecule has 0 heterocycles. The predicted molar refractivity (Wildman–Crippen MR) is 20.8 cm³/mol. The van der Waals surface area contributed by atoms with Gasteiger partial charge in [-0.3, -0.25) is 0 Å². The van der Waals surface area contributed by atoms with Crippen LogP contribution >= 0.6 is 12.2 Å². The summed E-state index contributed by atoms with van der Waals surface area (Å²) in [5, 5.41) is 0. The average Bonchev–Trinajstić information content (AvgIpc) is 0.811. The molecular weight excluding hydrogens is 268 g/mol. The Bertz CT molecular complexity index is 219. The maximum atomic E-state index is 3.81. The molecule has 0 atom stereocenters. The fraction of sp³-hybridized carbons (Fsp3) is 0. The molecule has 0 bridgehead atoms. The normalized spacial score (nSPS) is 9.75. The van der Waals surface area contributed by atoms with Gasteiger partial charge in [0.25, 0.3) is 0 Å². The Hall–Kier alpha value is 2.52. The maximum absolute atomic E-state index is 3.81. The number of rotatable bonds is 0. The van der Waals surface area contributed by atoms with Crippen molar-refractivity contribution in [1.29, 1.82) is 0 Å². The van der Waals surface area contributed by atoms with E-state index in [1.807, 2.05) is 0 Å². The molecule has 0 aromatic carbocycles. The first-order valence-corrected chi connectivity index (χ1v) is 7.71. The van der Waals surface area contributed by atoms with E-state index in [0.29, 0.717) is 0 Å². The molecule has 4 heavy (non-hydrogen) atoms. The van der Waals surface area contributed by atoms with Gasteiger partial charge in [0, 0.05) is 0 Å². The van der Waals surface area contributed by atoms with E-state index in [0.717, 1.165) is 0 Å². The first kappa shape index (κ1) is 6.52.